The number of nitrogens with zero attached hydrogens (tertiary/aromatic N) is 3. The quantitative estimate of drug-likeness (QED) is 0.731. The molecule has 0 saturated carbocycles. The Balaban J connectivity index is 2.04. The minimum atomic E-state index is -0.242. The third-order valence-corrected chi connectivity index (χ3v) is 3.45. The van der Waals surface area contributed by atoms with Gasteiger partial charge in [0.1, 0.15) is 5.82 Å². The van der Waals surface area contributed by atoms with Gasteiger partial charge in [-0.3, -0.25) is 0 Å². The van der Waals surface area contributed by atoms with Crippen molar-refractivity contribution < 1.29 is 4.39 Å². The van der Waals surface area contributed by atoms with Gasteiger partial charge in [0.05, 0.1) is 17.6 Å². The molecule has 112 valence electrons. The van der Waals surface area contributed by atoms with E-state index in [4.69, 9.17) is 0 Å². The van der Waals surface area contributed by atoms with E-state index >= 15 is 0 Å². The molecular formula is C18H18FN3. The lowest BCUT2D eigenvalue weighted by Gasteiger charge is -2.12. The Morgan fingerprint density at radius 2 is 1.86 bits per heavy atom. The minimum absolute atomic E-state index is 0.242. The van der Waals surface area contributed by atoms with Crippen molar-refractivity contribution in [3.8, 4) is 16.9 Å². The number of hydrogen-bond donors (Lipinski definition) is 0. The Labute approximate surface area is 129 Å². The summed E-state index contributed by atoms with van der Waals surface area (Å²) in [4.78, 5) is 2.11. The summed E-state index contributed by atoms with van der Waals surface area (Å²) in [6.45, 7) is 0.851. The monoisotopic (exact) mass is 295 g/mol. The molecule has 0 radical (unpaired) electrons. The predicted molar refractivity (Wildman–Crippen MR) is 86.3 cm³/mol. The first-order valence-electron chi connectivity index (χ1n) is 7.18. The van der Waals surface area contributed by atoms with Crippen LogP contribution in [0.5, 0.6) is 0 Å². The van der Waals surface area contributed by atoms with Gasteiger partial charge in [0.2, 0.25) is 0 Å². The summed E-state index contributed by atoms with van der Waals surface area (Å²) in [6.07, 6.45) is 1.69. The first-order chi connectivity index (χ1) is 10.6. The molecule has 3 nitrogen and oxygen atoms in total. The zero-order chi connectivity index (χ0) is 15.5. The Hall–Kier alpha value is -2.46. The van der Waals surface area contributed by atoms with Crippen LogP contribution in [0.25, 0.3) is 16.9 Å². The fraction of sp³-hybridized carbons (Fsp3) is 0.167. The lowest BCUT2D eigenvalue weighted by molar-refractivity contribution is 0.402. The molecule has 2 aromatic carbocycles. The number of benzene rings is 2. The predicted octanol–water partition coefficient (Wildman–Crippen LogP) is 3.74. The molecule has 0 spiro atoms. The molecule has 0 fully saturated rings. The summed E-state index contributed by atoms with van der Waals surface area (Å²) in [5.41, 5.74) is 3.43. The van der Waals surface area contributed by atoms with Crippen LogP contribution in [0.2, 0.25) is 0 Å². The van der Waals surface area contributed by atoms with Crippen molar-refractivity contribution in [3.63, 3.8) is 0 Å². The van der Waals surface area contributed by atoms with Crippen LogP contribution in [-0.4, -0.2) is 28.8 Å². The third kappa shape index (κ3) is 2.92. The van der Waals surface area contributed by atoms with Gasteiger partial charge in [-0.15, -0.1) is 0 Å². The second-order valence-corrected chi connectivity index (χ2v) is 5.52. The minimum Gasteiger partial charge on any atom is -0.305 e. The van der Waals surface area contributed by atoms with Gasteiger partial charge < -0.3 is 4.90 Å². The van der Waals surface area contributed by atoms with E-state index in [1.807, 2.05) is 38.4 Å². The topological polar surface area (TPSA) is 21.1 Å². The normalized spacial score (nSPS) is 11.1. The molecule has 0 bridgehead atoms. The number of rotatable bonds is 4. The summed E-state index contributed by atoms with van der Waals surface area (Å²) >= 11 is 0. The molecule has 0 saturated heterocycles. The number of aromatic nitrogens is 2. The van der Waals surface area contributed by atoms with Crippen molar-refractivity contribution in [3.05, 3.63) is 72.2 Å². The first kappa shape index (κ1) is 14.5. The van der Waals surface area contributed by atoms with Gasteiger partial charge in [0.15, 0.2) is 0 Å². The third-order valence-electron chi connectivity index (χ3n) is 3.45. The van der Waals surface area contributed by atoms with E-state index in [1.165, 1.54) is 11.6 Å². The van der Waals surface area contributed by atoms with Crippen LogP contribution < -0.4 is 0 Å². The van der Waals surface area contributed by atoms with E-state index in [-0.39, 0.29) is 5.82 Å². The molecule has 22 heavy (non-hydrogen) atoms. The van der Waals surface area contributed by atoms with Crippen molar-refractivity contribution in [1.82, 2.24) is 14.7 Å². The molecule has 4 heteroatoms. The van der Waals surface area contributed by atoms with Crippen LogP contribution in [0.3, 0.4) is 0 Å². The van der Waals surface area contributed by atoms with Crippen LogP contribution in [0.4, 0.5) is 4.39 Å². The van der Waals surface area contributed by atoms with Gasteiger partial charge in [0, 0.05) is 12.1 Å². The summed E-state index contributed by atoms with van der Waals surface area (Å²) in [7, 11) is 4.07. The van der Waals surface area contributed by atoms with Crippen LogP contribution >= 0.6 is 0 Å². The maximum atomic E-state index is 14.1. The molecule has 0 amide bonds. The highest BCUT2D eigenvalue weighted by Gasteiger charge is 2.11. The Morgan fingerprint density at radius 1 is 1.05 bits per heavy atom. The molecule has 3 aromatic rings. The van der Waals surface area contributed by atoms with Crippen molar-refractivity contribution >= 4 is 0 Å². The van der Waals surface area contributed by atoms with Gasteiger partial charge in [-0.05, 0) is 50.0 Å². The standard InChI is InChI=1S/C18H18FN3/c1-21(2)13-14-6-5-7-15(12-14)22-18(10-11-20-22)16-8-3-4-9-17(16)19/h3-12H,13H2,1-2H3. The SMILES string of the molecule is CN(C)Cc1cccc(-n2nccc2-c2ccccc2F)c1. The van der Waals surface area contributed by atoms with Gasteiger partial charge in [0.25, 0.3) is 0 Å². The van der Waals surface area contributed by atoms with Crippen molar-refractivity contribution in [2.45, 2.75) is 6.54 Å². The van der Waals surface area contributed by atoms with E-state index in [1.54, 1.807) is 23.0 Å². The first-order valence-corrected chi connectivity index (χ1v) is 7.18. The fourth-order valence-electron chi connectivity index (χ4n) is 2.53. The summed E-state index contributed by atoms with van der Waals surface area (Å²) in [5.74, 6) is -0.242. The zero-order valence-electron chi connectivity index (χ0n) is 12.7. The van der Waals surface area contributed by atoms with Crippen LogP contribution in [0.15, 0.2) is 60.8 Å². The van der Waals surface area contributed by atoms with Gasteiger partial charge in [-0.2, -0.15) is 5.10 Å². The maximum absolute atomic E-state index is 14.1. The zero-order valence-corrected chi connectivity index (χ0v) is 12.7. The highest BCUT2D eigenvalue weighted by Crippen LogP contribution is 2.25. The Kier molecular flexibility index (Phi) is 4.02. The second-order valence-electron chi connectivity index (χ2n) is 5.52. The molecule has 3 rings (SSSR count). The fourth-order valence-corrected chi connectivity index (χ4v) is 2.53. The molecule has 0 aliphatic rings. The molecule has 1 aromatic heterocycles. The second kappa shape index (κ2) is 6.12. The van der Waals surface area contributed by atoms with Gasteiger partial charge in [-0.1, -0.05) is 24.3 Å². The van der Waals surface area contributed by atoms with E-state index in [2.05, 4.69) is 22.1 Å². The molecule has 0 aliphatic heterocycles. The summed E-state index contributed by atoms with van der Waals surface area (Å²) < 4.78 is 15.8. The highest BCUT2D eigenvalue weighted by molar-refractivity contribution is 5.62. The molecule has 0 atom stereocenters. The molecule has 1 heterocycles. The number of halogens is 1. The van der Waals surface area contributed by atoms with E-state index < -0.39 is 0 Å². The average Bonchev–Trinajstić information content (AvgIpc) is 2.96. The smallest absolute Gasteiger partial charge is 0.132 e. The maximum Gasteiger partial charge on any atom is 0.132 e. The Morgan fingerprint density at radius 3 is 2.64 bits per heavy atom. The van der Waals surface area contributed by atoms with E-state index in [0.717, 1.165) is 17.9 Å². The van der Waals surface area contributed by atoms with Crippen molar-refractivity contribution in [2.75, 3.05) is 14.1 Å². The van der Waals surface area contributed by atoms with Crippen molar-refractivity contribution in [1.29, 1.82) is 0 Å². The lowest BCUT2D eigenvalue weighted by atomic mass is 10.1. The molecule has 0 aliphatic carbocycles. The van der Waals surface area contributed by atoms with Crippen LogP contribution in [-0.2, 0) is 6.54 Å². The van der Waals surface area contributed by atoms with Gasteiger partial charge >= 0.3 is 0 Å². The highest BCUT2D eigenvalue weighted by atomic mass is 19.1. The molecule has 0 N–H and O–H groups in total. The average molecular weight is 295 g/mol. The van der Waals surface area contributed by atoms with Crippen molar-refractivity contribution in [2.24, 2.45) is 0 Å². The van der Waals surface area contributed by atoms with E-state index in [0.29, 0.717) is 5.56 Å². The molecule has 0 unspecified atom stereocenters. The number of hydrogen-bond acceptors (Lipinski definition) is 2. The lowest BCUT2D eigenvalue weighted by Crippen LogP contribution is -2.11. The van der Waals surface area contributed by atoms with E-state index in [9.17, 15) is 4.39 Å². The summed E-state index contributed by atoms with van der Waals surface area (Å²) in [6, 6.07) is 16.7. The largest absolute Gasteiger partial charge is 0.305 e. The molecular weight excluding hydrogens is 277 g/mol. The van der Waals surface area contributed by atoms with Crippen LogP contribution in [0.1, 0.15) is 5.56 Å². The summed E-state index contributed by atoms with van der Waals surface area (Å²) in [5, 5.41) is 4.36. The Bertz CT molecular complexity index is 777. The van der Waals surface area contributed by atoms with Gasteiger partial charge in [-0.25, -0.2) is 9.07 Å². The van der Waals surface area contributed by atoms with Crippen LogP contribution in [0, 0.1) is 5.82 Å².